The molecule has 3 rings (SSSR count). The van der Waals surface area contributed by atoms with Gasteiger partial charge >= 0.3 is 5.97 Å². The van der Waals surface area contributed by atoms with E-state index in [4.69, 9.17) is 14.6 Å². The lowest BCUT2D eigenvalue weighted by Crippen LogP contribution is -1.99. The molecule has 0 spiro atoms. The molecule has 0 aliphatic heterocycles. The second-order valence-electron chi connectivity index (χ2n) is 4.78. The van der Waals surface area contributed by atoms with E-state index in [1.54, 1.807) is 30.3 Å². The van der Waals surface area contributed by atoms with Gasteiger partial charge in [-0.25, -0.2) is 14.3 Å². The smallest absolute Gasteiger partial charge is 0.359 e. The molecule has 1 aromatic heterocycles. The van der Waals surface area contributed by atoms with Gasteiger partial charge in [0.15, 0.2) is 11.6 Å². The molecule has 0 aliphatic rings. The summed E-state index contributed by atoms with van der Waals surface area (Å²) in [6.07, 6.45) is 0. The minimum atomic E-state index is -1.23. The van der Waals surface area contributed by atoms with Gasteiger partial charge in [-0.05, 0) is 35.4 Å². The van der Waals surface area contributed by atoms with Crippen LogP contribution in [0.1, 0.15) is 10.5 Å². The van der Waals surface area contributed by atoms with Gasteiger partial charge in [0.1, 0.15) is 5.75 Å². The molecule has 3 aromatic rings. The van der Waals surface area contributed by atoms with Crippen LogP contribution in [-0.2, 0) is 0 Å². The van der Waals surface area contributed by atoms with Crippen LogP contribution in [0.2, 0.25) is 0 Å². The highest BCUT2D eigenvalue weighted by molar-refractivity contribution is 5.87. The van der Waals surface area contributed by atoms with E-state index < -0.39 is 11.8 Å². The van der Waals surface area contributed by atoms with Crippen LogP contribution in [0.25, 0.3) is 11.1 Å². The van der Waals surface area contributed by atoms with Gasteiger partial charge in [0.05, 0.1) is 7.11 Å². The van der Waals surface area contributed by atoms with E-state index >= 15 is 0 Å². The van der Waals surface area contributed by atoms with Crippen LogP contribution in [0.5, 0.6) is 17.4 Å². The third-order valence-electron chi connectivity index (χ3n) is 3.26. The monoisotopic (exact) mass is 329 g/mol. The highest BCUT2D eigenvalue weighted by atomic mass is 19.1. The number of aromatic carboxylic acids is 1. The van der Waals surface area contributed by atoms with Crippen LogP contribution in [0.4, 0.5) is 4.39 Å². The fourth-order valence-electron chi connectivity index (χ4n) is 2.13. The number of benzene rings is 2. The molecule has 7 nitrogen and oxygen atoms in total. The maximum Gasteiger partial charge on any atom is 0.359 e. The van der Waals surface area contributed by atoms with E-state index in [0.29, 0.717) is 16.9 Å². The Labute approximate surface area is 135 Å². The number of carboxylic acid groups (broad SMARTS) is 1. The molecule has 2 aromatic carbocycles. The number of rotatable bonds is 5. The number of carboxylic acids is 1. The zero-order chi connectivity index (χ0) is 17.1. The second kappa shape index (κ2) is 6.37. The lowest BCUT2D eigenvalue weighted by molar-refractivity contribution is 0.0687. The summed E-state index contributed by atoms with van der Waals surface area (Å²) in [5.41, 5.74) is 1.06. The van der Waals surface area contributed by atoms with Gasteiger partial charge in [-0.1, -0.05) is 28.5 Å². The summed E-state index contributed by atoms with van der Waals surface area (Å²) >= 11 is 0. The quantitative estimate of drug-likeness (QED) is 0.746. The molecule has 24 heavy (non-hydrogen) atoms. The van der Waals surface area contributed by atoms with Crippen molar-refractivity contribution in [3.63, 3.8) is 0 Å². The van der Waals surface area contributed by atoms with Crippen LogP contribution in [0.15, 0.2) is 42.5 Å². The minimum absolute atomic E-state index is 0.152. The molecule has 0 saturated heterocycles. The Morgan fingerprint density at radius 2 is 2.00 bits per heavy atom. The summed E-state index contributed by atoms with van der Waals surface area (Å²) in [6, 6.07) is 11.3. The highest BCUT2D eigenvalue weighted by Gasteiger charge is 2.16. The predicted molar refractivity (Wildman–Crippen MR) is 81.8 cm³/mol. The normalized spacial score (nSPS) is 10.4. The molecule has 0 amide bonds. The van der Waals surface area contributed by atoms with Gasteiger partial charge in [-0.15, -0.1) is 0 Å². The number of halogens is 1. The van der Waals surface area contributed by atoms with Crippen molar-refractivity contribution in [2.45, 2.75) is 0 Å². The van der Waals surface area contributed by atoms with E-state index in [1.165, 1.54) is 19.2 Å². The summed E-state index contributed by atoms with van der Waals surface area (Å²) in [6.45, 7) is 0. The first-order valence-electron chi connectivity index (χ1n) is 6.84. The number of carbonyl (C=O) groups is 1. The van der Waals surface area contributed by atoms with Gasteiger partial charge in [0, 0.05) is 0 Å². The van der Waals surface area contributed by atoms with Crippen molar-refractivity contribution in [2.75, 3.05) is 7.11 Å². The van der Waals surface area contributed by atoms with Gasteiger partial charge in [-0.3, -0.25) is 0 Å². The molecule has 0 atom stereocenters. The van der Waals surface area contributed by atoms with Gasteiger partial charge in [0.25, 0.3) is 5.88 Å². The molecular weight excluding hydrogens is 317 g/mol. The van der Waals surface area contributed by atoms with Crippen molar-refractivity contribution < 1.29 is 23.8 Å². The Morgan fingerprint density at radius 3 is 2.71 bits per heavy atom. The third kappa shape index (κ3) is 3.02. The lowest BCUT2D eigenvalue weighted by atomic mass is 10.1. The second-order valence-corrected chi connectivity index (χ2v) is 4.78. The molecule has 0 aliphatic carbocycles. The fraction of sp³-hybridized carbons (Fsp3) is 0.0625. The average Bonchev–Trinajstić information content (AvgIpc) is 3.03. The van der Waals surface area contributed by atoms with Crippen molar-refractivity contribution in [2.24, 2.45) is 0 Å². The number of nitrogens with one attached hydrogen (secondary N) is 1. The molecule has 1 heterocycles. The van der Waals surface area contributed by atoms with Crippen LogP contribution in [-0.4, -0.2) is 33.6 Å². The van der Waals surface area contributed by atoms with Crippen LogP contribution in [0, 0.1) is 5.82 Å². The molecule has 2 N–H and O–H groups in total. The Balaban J connectivity index is 1.90. The minimum Gasteiger partial charge on any atom is -0.494 e. The summed E-state index contributed by atoms with van der Waals surface area (Å²) in [5, 5.41) is 18.2. The van der Waals surface area contributed by atoms with E-state index in [0.717, 1.165) is 0 Å². The number of aromatic amines is 1. The number of ether oxygens (including phenoxy) is 2. The van der Waals surface area contributed by atoms with E-state index in [-0.39, 0.29) is 17.3 Å². The third-order valence-corrected chi connectivity index (χ3v) is 3.26. The number of methoxy groups -OCH3 is 1. The molecular formula is C16H12FN3O4. The van der Waals surface area contributed by atoms with E-state index in [2.05, 4.69) is 15.4 Å². The molecule has 122 valence electrons. The zero-order valence-electron chi connectivity index (χ0n) is 12.5. The summed E-state index contributed by atoms with van der Waals surface area (Å²) in [7, 11) is 1.39. The Kier molecular flexibility index (Phi) is 4.11. The van der Waals surface area contributed by atoms with Crippen molar-refractivity contribution in [1.82, 2.24) is 15.4 Å². The van der Waals surface area contributed by atoms with Crippen molar-refractivity contribution >= 4 is 5.97 Å². The zero-order valence-corrected chi connectivity index (χ0v) is 12.5. The van der Waals surface area contributed by atoms with Gasteiger partial charge in [0.2, 0.25) is 5.69 Å². The van der Waals surface area contributed by atoms with Crippen LogP contribution in [0.3, 0.4) is 0 Å². The van der Waals surface area contributed by atoms with Crippen molar-refractivity contribution in [1.29, 1.82) is 0 Å². The number of hydrogen-bond acceptors (Lipinski definition) is 5. The topological polar surface area (TPSA) is 97.3 Å². The van der Waals surface area contributed by atoms with Gasteiger partial charge in [-0.2, -0.15) is 0 Å². The highest BCUT2D eigenvalue weighted by Crippen LogP contribution is 2.29. The molecule has 8 heteroatoms. The Morgan fingerprint density at radius 1 is 1.21 bits per heavy atom. The first-order chi connectivity index (χ1) is 11.6. The SMILES string of the molecule is COc1ccc(-c2cccc(Oc3nn[nH]c3C(=O)O)c2)cc1F. The number of hydrogen-bond donors (Lipinski definition) is 2. The Bertz CT molecular complexity index is 895. The van der Waals surface area contributed by atoms with Gasteiger partial charge < -0.3 is 14.6 Å². The molecule has 0 unspecified atom stereocenters. The number of nitrogens with zero attached hydrogens (tertiary/aromatic N) is 2. The predicted octanol–water partition coefficient (Wildman–Crippen LogP) is 3.11. The fourth-order valence-corrected chi connectivity index (χ4v) is 2.13. The standard InChI is InChI=1S/C16H12FN3O4/c1-23-13-6-5-10(8-12(13)17)9-3-2-4-11(7-9)24-15-14(16(21)22)18-20-19-15/h2-8H,1H3,(H,21,22)(H,18,19,20). The molecule has 0 fully saturated rings. The number of H-pyrrole nitrogens is 1. The van der Waals surface area contributed by atoms with Crippen LogP contribution < -0.4 is 9.47 Å². The van der Waals surface area contributed by atoms with Crippen molar-refractivity contribution in [3.8, 4) is 28.5 Å². The molecule has 0 radical (unpaired) electrons. The average molecular weight is 329 g/mol. The van der Waals surface area contributed by atoms with Crippen molar-refractivity contribution in [3.05, 3.63) is 54.0 Å². The van der Waals surface area contributed by atoms with Crippen LogP contribution >= 0.6 is 0 Å². The number of aromatic nitrogens is 3. The molecule has 0 bridgehead atoms. The summed E-state index contributed by atoms with van der Waals surface area (Å²) < 4.78 is 24.2. The largest absolute Gasteiger partial charge is 0.494 e. The maximum atomic E-state index is 13.8. The summed E-state index contributed by atoms with van der Waals surface area (Å²) in [5.74, 6) is -1.37. The first-order valence-corrected chi connectivity index (χ1v) is 6.84. The lowest BCUT2D eigenvalue weighted by Gasteiger charge is -2.08. The molecule has 0 saturated carbocycles. The first kappa shape index (κ1) is 15.5. The Hall–Kier alpha value is -3.42. The summed E-state index contributed by atoms with van der Waals surface area (Å²) in [4.78, 5) is 11.0. The maximum absolute atomic E-state index is 13.8. The van der Waals surface area contributed by atoms with E-state index in [1.807, 2.05) is 0 Å². The van der Waals surface area contributed by atoms with E-state index in [9.17, 15) is 9.18 Å².